The molecule has 0 bridgehead atoms. The molecule has 0 saturated heterocycles. The maximum absolute atomic E-state index is 13.5. The standard InChI is InChI=1S/C25H19N5O4/c31-24(32)28-17-5-3-6-20(14-17)30-22-11-13-26-15-23(22)29(25(30)33)19-7-9-21(10-8-19)34-16-18-4-1-2-12-27-18/h1-15,28H,16H2,(H,31,32). The third kappa shape index (κ3) is 4.09. The van der Waals surface area contributed by atoms with Gasteiger partial charge in [-0.05, 0) is 60.7 Å². The van der Waals surface area contributed by atoms with Crippen molar-refractivity contribution in [1.29, 1.82) is 0 Å². The van der Waals surface area contributed by atoms with E-state index in [1.54, 1.807) is 77.8 Å². The first-order valence-electron chi connectivity index (χ1n) is 10.4. The molecule has 9 nitrogen and oxygen atoms in total. The molecule has 0 aliphatic heterocycles. The van der Waals surface area contributed by atoms with Gasteiger partial charge < -0.3 is 9.84 Å². The number of anilines is 1. The fraction of sp³-hybridized carbons (Fsp3) is 0.0400. The minimum absolute atomic E-state index is 0.308. The fourth-order valence-corrected chi connectivity index (χ4v) is 3.72. The molecule has 0 radical (unpaired) electrons. The molecule has 0 fully saturated rings. The number of benzene rings is 2. The Bertz CT molecular complexity index is 1530. The molecule has 34 heavy (non-hydrogen) atoms. The molecule has 0 aliphatic rings. The first kappa shape index (κ1) is 21.0. The molecule has 168 valence electrons. The molecule has 5 rings (SSSR count). The van der Waals surface area contributed by atoms with Crippen molar-refractivity contribution in [1.82, 2.24) is 19.1 Å². The highest BCUT2D eigenvalue weighted by Crippen LogP contribution is 2.23. The van der Waals surface area contributed by atoms with E-state index in [4.69, 9.17) is 9.84 Å². The van der Waals surface area contributed by atoms with Crippen molar-refractivity contribution >= 4 is 22.8 Å². The molecule has 0 aliphatic carbocycles. The van der Waals surface area contributed by atoms with Crippen molar-refractivity contribution in [2.24, 2.45) is 0 Å². The van der Waals surface area contributed by atoms with Crippen molar-refractivity contribution in [3.05, 3.63) is 108 Å². The lowest BCUT2D eigenvalue weighted by atomic mass is 10.2. The van der Waals surface area contributed by atoms with Gasteiger partial charge in [-0.25, -0.2) is 9.59 Å². The molecule has 3 heterocycles. The lowest BCUT2D eigenvalue weighted by Gasteiger charge is -2.08. The molecular formula is C25H19N5O4. The van der Waals surface area contributed by atoms with E-state index in [-0.39, 0.29) is 5.69 Å². The number of amides is 1. The third-order valence-electron chi connectivity index (χ3n) is 5.21. The van der Waals surface area contributed by atoms with Gasteiger partial charge in [0.25, 0.3) is 0 Å². The van der Waals surface area contributed by atoms with Gasteiger partial charge in [0.15, 0.2) is 0 Å². The number of pyridine rings is 2. The largest absolute Gasteiger partial charge is 0.487 e. The van der Waals surface area contributed by atoms with E-state index in [1.807, 2.05) is 18.2 Å². The summed E-state index contributed by atoms with van der Waals surface area (Å²) in [5.74, 6) is 0.650. The predicted molar refractivity (Wildman–Crippen MR) is 127 cm³/mol. The number of nitrogens with zero attached hydrogens (tertiary/aromatic N) is 4. The van der Waals surface area contributed by atoms with Crippen LogP contribution in [0.5, 0.6) is 5.75 Å². The van der Waals surface area contributed by atoms with Crippen LogP contribution in [0, 0.1) is 0 Å². The Morgan fingerprint density at radius 2 is 1.74 bits per heavy atom. The molecule has 1 amide bonds. The van der Waals surface area contributed by atoms with Crippen molar-refractivity contribution in [2.75, 3.05) is 5.32 Å². The zero-order valence-corrected chi connectivity index (χ0v) is 17.8. The van der Waals surface area contributed by atoms with Crippen molar-refractivity contribution in [3.8, 4) is 17.1 Å². The number of carbonyl (C=O) groups is 1. The summed E-state index contributed by atoms with van der Waals surface area (Å²) in [6.45, 7) is 0.337. The number of hydrogen-bond donors (Lipinski definition) is 2. The number of rotatable bonds is 6. The van der Waals surface area contributed by atoms with Crippen LogP contribution >= 0.6 is 0 Å². The summed E-state index contributed by atoms with van der Waals surface area (Å²) < 4.78 is 8.88. The smallest absolute Gasteiger partial charge is 0.409 e. The number of fused-ring (bicyclic) bond motifs is 1. The summed E-state index contributed by atoms with van der Waals surface area (Å²) in [6, 6.07) is 21.2. The van der Waals surface area contributed by atoms with Crippen LogP contribution < -0.4 is 15.7 Å². The van der Waals surface area contributed by atoms with Gasteiger partial charge in [0.05, 0.1) is 34.3 Å². The van der Waals surface area contributed by atoms with E-state index in [0.29, 0.717) is 40.5 Å². The third-order valence-corrected chi connectivity index (χ3v) is 5.21. The quantitative estimate of drug-likeness (QED) is 0.398. The second-order valence-electron chi connectivity index (χ2n) is 7.40. The van der Waals surface area contributed by atoms with Crippen LogP contribution in [-0.4, -0.2) is 30.3 Å². The van der Waals surface area contributed by atoms with Crippen molar-refractivity contribution < 1.29 is 14.6 Å². The summed E-state index contributed by atoms with van der Waals surface area (Å²) in [6.07, 6.45) is 3.77. The fourth-order valence-electron chi connectivity index (χ4n) is 3.72. The second-order valence-corrected chi connectivity index (χ2v) is 7.40. The van der Waals surface area contributed by atoms with E-state index in [1.165, 1.54) is 4.57 Å². The van der Waals surface area contributed by atoms with E-state index < -0.39 is 6.09 Å². The van der Waals surface area contributed by atoms with Gasteiger partial charge in [-0.3, -0.25) is 24.4 Å². The average molecular weight is 453 g/mol. The molecule has 0 unspecified atom stereocenters. The van der Waals surface area contributed by atoms with Crippen LogP contribution in [0.3, 0.4) is 0 Å². The molecule has 2 N–H and O–H groups in total. The van der Waals surface area contributed by atoms with E-state index >= 15 is 0 Å². The summed E-state index contributed by atoms with van der Waals surface area (Å²) in [4.78, 5) is 33.0. The zero-order valence-electron chi connectivity index (χ0n) is 17.8. The minimum atomic E-state index is -1.18. The lowest BCUT2D eigenvalue weighted by Crippen LogP contribution is -2.22. The highest BCUT2D eigenvalue weighted by Gasteiger charge is 2.16. The van der Waals surface area contributed by atoms with Gasteiger partial charge in [0.1, 0.15) is 12.4 Å². The normalized spacial score (nSPS) is 10.8. The first-order valence-corrected chi connectivity index (χ1v) is 10.4. The van der Waals surface area contributed by atoms with Gasteiger partial charge in [0.2, 0.25) is 0 Å². The number of aromatic nitrogens is 4. The number of carboxylic acid groups (broad SMARTS) is 1. The van der Waals surface area contributed by atoms with E-state index in [2.05, 4.69) is 15.3 Å². The Labute approximate surface area is 193 Å². The summed E-state index contributed by atoms with van der Waals surface area (Å²) in [5, 5.41) is 11.3. The van der Waals surface area contributed by atoms with Crippen LogP contribution in [0.1, 0.15) is 5.69 Å². The molecule has 0 atom stereocenters. The number of ether oxygens (including phenoxy) is 1. The lowest BCUT2D eigenvalue weighted by molar-refractivity contribution is 0.210. The maximum Gasteiger partial charge on any atom is 0.409 e. The number of nitrogens with one attached hydrogen (secondary N) is 1. The Balaban J connectivity index is 1.52. The summed E-state index contributed by atoms with van der Waals surface area (Å²) in [7, 11) is 0. The second kappa shape index (κ2) is 8.91. The van der Waals surface area contributed by atoms with Crippen molar-refractivity contribution in [2.45, 2.75) is 6.61 Å². The van der Waals surface area contributed by atoms with Gasteiger partial charge in [-0.2, -0.15) is 0 Å². The predicted octanol–water partition coefficient (Wildman–Crippen LogP) is 4.24. The van der Waals surface area contributed by atoms with Crippen LogP contribution in [0.25, 0.3) is 22.4 Å². The SMILES string of the molecule is O=C(O)Nc1cccc(-n2c(=O)n(-c3ccc(OCc4ccccn4)cc3)c3cnccc32)c1. The molecule has 9 heteroatoms. The van der Waals surface area contributed by atoms with Gasteiger partial charge in [0, 0.05) is 18.1 Å². The summed E-state index contributed by atoms with van der Waals surface area (Å²) >= 11 is 0. The Kier molecular flexibility index (Phi) is 5.49. The van der Waals surface area contributed by atoms with Crippen molar-refractivity contribution in [3.63, 3.8) is 0 Å². The van der Waals surface area contributed by atoms with E-state index in [0.717, 1.165) is 5.69 Å². The first-order chi connectivity index (χ1) is 16.6. The van der Waals surface area contributed by atoms with Crippen LogP contribution in [0.2, 0.25) is 0 Å². The van der Waals surface area contributed by atoms with Crippen LogP contribution in [0.4, 0.5) is 10.5 Å². The molecule has 5 aromatic rings. The topological polar surface area (TPSA) is 111 Å². The van der Waals surface area contributed by atoms with Gasteiger partial charge >= 0.3 is 11.8 Å². The highest BCUT2D eigenvalue weighted by molar-refractivity contribution is 5.84. The van der Waals surface area contributed by atoms with Crippen LogP contribution in [-0.2, 0) is 6.61 Å². The van der Waals surface area contributed by atoms with Gasteiger partial charge in [-0.15, -0.1) is 0 Å². The molecule has 3 aromatic heterocycles. The Hall–Kier alpha value is -4.92. The molecular weight excluding hydrogens is 434 g/mol. The van der Waals surface area contributed by atoms with Gasteiger partial charge in [-0.1, -0.05) is 12.1 Å². The Morgan fingerprint density at radius 1 is 0.912 bits per heavy atom. The highest BCUT2D eigenvalue weighted by atomic mass is 16.5. The molecule has 0 saturated carbocycles. The maximum atomic E-state index is 13.5. The molecule has 2 aromatic carbocycles. The zero-order chi connectivity index (χ0) is 23.5. The minimum Gasteiger partial charge on any atom is -0.487 e. The monoisotopic (exact) mass is 453 g/mol. The number of hydrogen-bond acceptors (Lipinski definition) is 5. The van der Waals surface area contributed by atoms with Crippen LogP contribution in [0.15, 0.2) is 96.2 Å². The number of imidazole rings is 1. The average Bonchev–Trinajstić information content (AvgIpc) is 3.15. The Morgan fingerprint density at radius 3 is 2.50 bits per heavy atom. The molecule has 0 spiro atoms. The van der Waals surface area contributed by atoms with E-state index in [9.17, 15) is 9.59 Å². The summed E-state index contributed by atoms with van der Waals surface area (Å²) in [5.41, 5.74) is 3.30.